The van der Waals surface area contributed by atoms with Gasteiger partial charge in [-0.05, 0) is 67.4 Å². The van der Waals surface area contributed by atoms with E-state index in [4.69, 9.17) is 20.8 Å². The van der Waals surface area contributed by atoms with Gasteiger partial charge in [-0.1, -0.05) is 29.8 Å². The number of nitrogens with zero attached hydrogens (tertiary/aromatic N) is 1. The first-order valence-electron chi connectivity index (χ1n) is 9.15. The number of nitrogens with one attached hydrogen (secondary N) is 1. The molecule has 0 aliphatic heterocycles. The van der Waals surface area contributed by atoms with Crippen molar-refractivity contribution in [3.63, 3.8) is 0 Å². The van der Waals surface area contributed by atoms with Crippen LogP contribution >= 0.6 is 11.6 Å². The monoisotopic (exact) mass is 406 g/mol. The largest absolute Gasteiger partial charge is 0.482 e. The minimum Gasteiger partial charge on any atom is -0.482 e. The molecule has 4 aromatic rings. The smallest absolute Gasteiger partial charge is 0.262 e. The number of hydrogen-bond acceptors (Lipinski definition) is 4. The Balaban J connectivity index is 1.48. The van der Waals surface area contributed by atoms with Crippen LogP contribution in [0.4, 0.5) is 5.69 Å². The zero-order valence-corrected chi connectivity index (χ0v) is 16.8. The van der Waals surface area contributed by atoms with Crippen molar-refractivity contribution >= 4 is 34.3 Å². The number of hydrogen-bond donors (Lipinski definition) is 1. The van der Waals surface area contributed by atoms with Gasteiger partial charge in [-0.15, -0.1) is 0 Å². The van der Waals surface area contributed by atoms with Crippen LogP contribution in [0, 0.1) is 13.8 Å². The molecule has 0 spiro atoms. The van der Waals surface area contributed by atoms with E-state index in [-0.39, 0.29) is 12.5 Å². The molecule has 3 aromatic carbocycles. The van der Waals surface area contributed by atoms with Crippen molar-refractivity contribution in [3.8, 4) is 17.2 Å². The van der Waals surface area contributed by atoms with Crippen LogP contribution in [0.1, 0.15) is 11.1 Å². The highest BCUT2D eigenvalue weighted by Gasteiger charge is 2.11. The highest BCUT2D eigenvalue weighted by molar-refractivity contribution is 6.32. The van der Waals surface area contributed by atoms with E-state index in [9.17, 15) is 4.79 Å². The van der Waals surface area contributed by atoms with E-state index in [0.717, 1.165) is 27.8 Å². The maximum absolute atomic E-state index is 12.2. The molecular weight excluding hydrogens is 388 g/mol. The average Bonchev–Trinajstić information content (AvgIpc) is 3.11. The first-order chi connectivity index (χ1) is 14.0. The zero-order chi connectivity index (χ0) is 20.4. The van der Waals surface area contributed by atoms with E-state index >= 15 is 0 Å². The van der Waals surface area contributed by atoms with E-state index in [1.54, 1.807) is 30.3 Å². The summed E-state index contributed by atoms with van der Waals surface area (Å²) in [6, 6.07) is 18.4. The fourth-order valence-corrected chi connectivity index (χ4v) is 3.13. The second-order valence-corrected chi connectivity index (χ2v) is 7.18. The van der Waals surface area contributed by atoms with E-state index in [2.05, 4.69) is 10.3 Å². The number of oxazole rings is 1. The van der Waals surface area contributed by atoms with Gasteiger partial charge in [0.1, 0.15) is 11.3 Å². The van der Waals surface area contributed by atoms with Gasteiger partial charge in [-0.3, -0.25) is 4.79 Å². The highest BCUT2D eigenvalue weighted by atomic mass is 35.5. The number of aryl methyl sites for hydroxylation is 2. The number of rotatable bonds is 5. The van der Waals surface area contributed by atoms with Crippen molar-refractivity contribution < 1.29 is 13.9 Å². The van der Waals surface area contributed by atoms with Crippen molar-refractivity contribution in [1.82, 2.24) is 4.98 Å². The van der Waals surface area contributed by atoms with E-state index in [1.165, 1.54) is 0 Å². The van der Waals surface area contributed by atoms with E-state index in [0.29, 0.717) is 22.4 Å². The van der Waals surface area contributed by atoms with E-state index in [1.807, 2.05) is 44.2 Å². The second-order valence-electron chi connectivity index (χ2n) is 6.77. The van der Waals surface area contributed by atoms with E-state index < -0.39 is 0 Å². The Morgan fingerprint density at radius 1 is 1.07 bits per heavy atom. The lowest BCUT2D eigenvalue weighted by molar-refractivity contribution is -0.118. The van der Waals surface area contributed by atoms with Crippen LogP contribution in [-0.4, -0.2) is 17.5 Å². The highest BCUT2D eigenvalue weighted by Crippen LogP contribution is 2.28. The van der Waals surface area contributed by atoms with Crippen molar-refractivity contribution in [2.45, 2.75) is 13.8 Å². The molecule has 0 radical (unpaired) electrons. The summed E-state index contributed by atoms with van der Waals surface area (Å²) in [5, 5.41) is 3.28. The van der Waals surface area contributed by atoms with Gasteiger partial charge in [-0.2, -0.15) is 0 Å². The summed E-state index contributed by atoms with van der Waals surface area (Å²) >= 11 is 6.04. The summed E-state index contributed by atoms with van der Waals surface area (Å²) in [5.74, 6) is 0.689. The molecular formula is C23H19ClN2O3. The summed E-state index contributed by atoms with van der Waals surface area (Å²) in [4.78, 5) is 16.8. The number of fused-ring (bicyclic) bond motifs is 1. The maximum atomic E-state index is 12.2. The molecule has 4 rings (SSSR count). The molecule has 0 saturated carbocycles. The Hall–Kier alpha value is -3.31. The van der Waals surface area contributed by atoms with Gasteiger partial charge in [0, 0.05) is 11.3 Å². The van der Waals surface area contributed by atoms with Crippen molar-refractivity contribution in [3.05, 3.63) is 76.8 Å². The molecule has 1 heterocycles. The number of anilines is 1. The average molecular weight is 407 g/mol. The minimum absolute atomic E-state index is 0.143. The number of benzene rings is 3. The molecule has 0 aliphatic carbocycles. The van der Waals surface area contributed by atoms with Crippen LogP contribution in [0.2, 0.25) is 5.02 Å². The number of para-hydroxylation sites is 1. The predicted octanol–water partition coefficient (Wildman–Crippen LogP) is 5.78. The minimum atomic E-state index is -0.286. The van der Waals surface area contributed by atoms with Crippen LogP contribution in [0.5, 0.6) is 5.75 Å². The Kier molecular flexibility index (Phi) is 5.23. The third kappa shape index (κ3) is 4.25. The maximum Gasteiger partial charge on any atom is 0.262 e. The lowest BCUT2D eigenvalue weighted by Gasteiger charge is -2.09. The number of aromatic nitrogens is 1. The first kappa shape index (κ1) is 19.0. The molecule has 0 aliphatic rings. The van der Waals surface area contributed by atoms with Crippen LogP contribution < -0.4 is 10.1 Å². The first-order valence-corrected chi connectivity index (χ1v) is 9.53. The zero-order valence-electron chi connectivity index (χ0n) is 16.0. The quantitative estimate of drug-likeness (QED) is 0.456. The summed E-state index contributed by atoms with van der Waals surface area (Å²) in [7, 11) is 0. The molecule has 1 aromatic heterocycles. The van der Waals surface area contributed by atoms with Crippen LogP contribution in [0.25, 0.3) is 22.6 Å². The van der Waals surface area contributed by atoms with Crippen LogP contribution in [0.15, 0.2) is 65.1 Å². The normalized spacial score (nSPS) is 10.9. The number of ether oxygens (including phenoxy) is 1. The fourth-order valence-electron chi connectivity index (χ4n) is 2.94. The third-order valence-electron chi connectivity index (χ3n) is 4.59. The van der Waals surface area contributed by atoms with Crippen LogP contribution in [-0.2, 0) is 4.79 Å². The van der Waals surface area contributed by atoms with Gasteiger partial charge in [0.25, 0.3) is 5.91 Å². The molecule has 0 atom stereocenters. The summed E-state index contributed by atoms with van der Waals surface area (Å²) in [5.41, 5.74) is 5.28. The van der Waals surface area contributed by atoms with Crippen molar-refractivity contribution in [2.75, 3.05) is 11.9 Å². The Labute approximate surface area is 173 Å². The Morgan fingerprint density at radius 2 is 1.86 bits per heavy atom. The topological polar surface area (TPSA) is 64.4 Å². The Morgan fingerprint density at radius 3 is 2.69 bits per heavy atom. The molecule has 0 bridgehead atoms. The van der Waals surface area contributed by atoms with Gasteiger partial charge in [-0.25, -0.2) is 4.98 Å². The molecule has 1 amide bonds. The van der Waals surface area contributed by atoms with Crippen LogP contribution in [0.3, 0.4) is 0 Å². The van der Waals surface area contributed by atoms with Crippen molar-refractivity contribution in [2.24, 2.45) is 0 Å². The van der Waals surface area contributed by atoms with Gasteiger partial charge >= 0.3 is 0 Å². The number of carbonyl (C=O) groups is 1. The number of carbonyl (C=O) groups excluding carboxylic acids is 1. The SMILES string of the molecule is Cc1cc2nc(-c3cccc(NC(=O)COc4ccccc4Cl)c3)oc2cc1C. The molecule has 1 N–H and O–H groups in total. The number of halogens is 1. The Bertz CT molecular complexity index is 1160. The van der Waals surface area contributed by atoms with Gasteiger partial charge in [0.15, 0.2) is 12.2 Å². The summed E-state index contributed by atoms with van der Waals surface area (Å²) < 4.78 is 11.4. The lowest BCUT2D eigenvalue weighted by atomic mass is 10.1. The molecule has 0 saturated heterocycles. The van der Waals surface area contributed by atoms with Gasteiger partial charge in [0.05, 0.1) is 5.02 Å². The molecule has 5 nitrogen and oxygen atoms in total. The summed E-state index contributed by atoms with van der Waals surface area (Å²) in [6.07, 6.45) is 0. The second kappa shape index (κ2) is 7.97. The van der Waals surface area contributed by atoms with Gasteiger partial charge < -0.3 is 14.5 Å². The molecule has 146 valence electrons. The summed E-state index contributed by atoms with van der Waals surface area (Å²) in [6.45, 7) is 3.94. The predicted molar refractivity (Wildman–Crippen MR) is 114 cm³/mol. The van der Waals surface area contributed by atoms with Gasteiger partial charge in [0.2, 0.25) is 5.89 Å². The number of amides is 1. The van der Waals surface area contributed by atoms with Crippen molar-refractivity contribution in [1.29, 1.82) is 0 Å². The fraction of sp³-hybridized carbons (Fsp3) is 0.130. The molecule has 29 heavy (non-hydrogen) atoms. The lowest BCUT2D eigenvalue weighted by Crippen LogP contribution is -2.20. The third-order valence-corrected chi connectivity index (χ3v) is 4.90. The standard InChI is InChI=1S/C23H19ClN2O3/c1-14-10-19-21(11-15(14)2)29-23(26-19)16-6-5-7-17(12-16)25-22(27)13-28-20-9-4-3-8-18(20)24/h3-12H,13H2,1-2H3,(H,25,27). The molecule has 0 unspecified atom stereocenters. The molecule has 6 heteroatoms. The molecule has 0 fully saturated rings.